The van der Waals surface area contributed by atoms with Crippen molar-refractivity contribution in [3.63, 3.8) is 0 Å². The molecule has 2 aliphatic rings. The van der Waals surface area contributed by atoms with Crippen molar-refractivity contribution in [3.8, 4) is 0 Å². The highest BCUT2D eigenvalue weighted by atomic mass is 16.7. The number of rotatable bonds is 2. The van der Waals surface area contributed by atoms with E-state index in [1.807, 2.05) is 44.6 Å². The van der Waals surface area contributed by atoms with Gasteiger partial charge in [0.05, 0.1) is 11.2 Å². The van der Waals surface area contributed by atoms with Gasteiger partial charge in [-0.15, -0.1) is 0 Å². The summed E-state index contributed by atoms with van der Waals surface area (Å²) < 4.78 is 19.7. The first-order chi connectivity index (χ1) is 9.39. The zero-order chi connectivity index (χ0) is 14.4. The molecule has 1 aromatic heterocycles. The van der Waals surface area contributed by atoms with Crippen LogP contribution in [-0.4, -0.2) is 27.6 Å². The van der Waals surface area contributed by atoms with Gasteiger partial charge in [0, 0.05) is 12.8 Å². The van der Waals surface area contributed by atoms with Crippen LogP contribution in [-0.2, 0) is 14.2 Å². The van der Waals surface area contributed by atoms with E-state index < -0.39 is 6.29 Å². The van der Waals surface area contributed by atoms with Gasteiger partial charge in [0.25, 0.3) is 0 Å². The second-order valence-electron chi connectivity index (χ2n) is 6.63. The molecule has 5 nitrogen and oxygen atoms in total. The molecule has 1 unspecified atom stereocenters. The Balaban J connectivity index is 1.74. The maximum atomic E-state index is 6.01. The third-order valence-electron chi connectivity index (χ3n) is 4.57. The molecule has 2 saturated heterocycles. The Hall–Kier alpha value is -0.910. The van der Waals surface area contributed by atoms with Gasteiger partial charge in [-0.3, -0.25) is 0 Å². The molecule has 3 rings (SSSR count). The van der Waals surface area contributed by atoms with Crippen LogP contribution in [0.25, 0.3) is 0 Å². The zero-order valence-corrected chi connectivity index (χ0v) is 12.8. The summed E-state index contributed by atoms with van der Waals surface area (Å²) in [6, 6.07) is 1.96. The molecule has 0 radical (unpaired) electrons. The van der Waals surface area contributed by atoms with E-state index in [-0.39, 0.29) is 17.4 Å². The second kappa shape index (κ2) is 4.83. The second-order valence-corrected chi connectivity index (χ2v) is 6.63. The summed E-state index contributed by atoms with van der Waals surface area (Å²) in [6.45, 7) is 9.02. The Morgan fingerprint density at radius 2 is 1.85 bits per heavy atom. The normalized spacial score (nSPS) is 29.7. The first-order valence-corrected chi connectivity index (χ1v) is 7.41. The van der Waals surface area contributed by atoms with E-state index in [9.17, 15) is 0 Å². The van der Waals surface area contributed by atoms with Gasteiger partial charge < -0.3 is 14.2 Å². The fourth-order valence-electron chi connectivity index (χ4n) is 2.53. The molecule has 0 bridgehead atoms. The van der Waals surface area contributed by atoms with Crippen LogP contribution in [0.2, 0.25) is 0 Å². The van der Waals surface area contributed by atoms with Crippen molar-refractivity contribution >= 4 is 0 Å². The Bertz CT molecular complexity index is 459. The first-order valence-electron chi connectivity index (χ1n) is 7.41. The van der Waals surface area contributed by atoms with E-state index in [0.29, 0.717) is 0 Å². The summed E-state index contributed by atoms with van der Waals surface area (Å²) in [4.78, 5) is 0. The molecule has 3 heterocycles. The first kappa shape index (κ1) is 14.0. The van der Waals surface area contributed by atoms with Crippen molar-refractivity contribution in [2.24, 2.45) is 0 Å². The lowest BCUT2D eigenvalue weighted by atomic mass is 9.90. The van der Waals surface area contributed by atoms with Crippen molar-refractivity contribution in [1.29, 1.82) is 0 Å². The number of hydrogen-bond acceptors (Lipinski definition) is 4. The van der Waals surface area contributed by atoms with Crippen molar-refractivity contribution in [1.82, 2.24) is 9.78 Å². The van der Waals surface area contributed by atoms with Crippen LogP contribution in [0.1, 0.15) is 65.2 Å². The van der Waals surface area contributed by atoms with Crippen LogP contribution >= 0.6 is 0 Å². The molecule has 1 atom stereocenters. The summed E-state index contributed by atoms with van der Waals surface area (Å²) in [5, 5.41) is 4.59. The van der Waals surface area contributed by atoms with E-state index in [1.165, 1.54) is 6.42 Å². The van der Waals surface area contributed by atoms with E-state index in [2.05, 4.69) is 5.10 Å². The molecule has 0 spiro atoms. The monoisotopic (exact) mass is 280 g/mol. The number of aromatic nitrogens is 2. The smallest absolute Gasteiger partial charge is 0.204 e. The van der Waals surface area contributed by atoms with Crippen molar-refractivity contribution < 1.29 is 14.2 Å². The van der Waals surface area contributed by atoms with E-state index in [0.717, 1.165) is 25.1 Å². The summed E-state index contributed by atoms with van der Waals surface area (Å²) in [7, 11) is 0. The Labute approximate surface area is 120 Å². The zero-order valence-electron chi connectivity index (χ0n) is 12.8. The van der Waals surface area contributed by atoms with Gasteiger partial charge in [0.15, 0.2) is 0 Å². The largest absolute Gasteiger partial charge is 0.357 e. The van der Waals surface area contributed by atoms with Gasteiger partial charge in [-0.1, -0.05) is 0 Å². The quantitative estimate of drug-likeness (QED) is 0.834. The van der Waals surface area contributed by atoms with E-state index in [4.69, 9.17) is 14.2 Å². The van der Waals surface area contributed by atoms with E-state index >= 15 is 0 Å². The average Bonchev–Trinajstić information content (AvgIpc) is 2.94. The van der Waals surface area contributed by atoms with Crippen molar-refractivity contribution in [2.75, 3.05) is 6.61 Å². The van der Waals surface area contributed by atoms with Gasteiger partial charge >= 0.3 is 0 Å². The summed E-state index contributed by atoms with van der Waals surface area (Å²) in [5.41, 5.74) is 0.156. The number of nitrogens with zero attached hydrogens (tertiary/aromatic N) is 2. The molecule has 0 aromatic carbocycles. The van der Waals surface area contributed by atoms with Crippen molar-refractivity contribution in [3.05, 3.63) is 18.0 Å². The summed E-state index contributed by atoms with van der Waals surface area (Å²) in [5.74, 6) is 0. The van der Waals surface area contributed by atoms with E-state index in [1.54, 1.807) is 0 Å². The van der Waals surface area contributed by atoms with Gasteiger partial charge in [-0.2, -0.15) is 5.10 Å². The van der Waals surface area contributed by atoms with Gasteiger partial charge in [0.1, 0.15) is 11.9 Å². The Morgan fingerprint density at radius 3 is 2.45 bits per heavy atom. The molecule has 0 amide bonds. The number of hydrogen-bond donors (Lipinski definition) is 0. The van der Waals surface area contributed by atoms with Crippen LogP contribution in [0.5, 0.6) is 0 Å². The molecule has 112 valence electrons. The summed E-state index contributed by atoms with van der Waals surface area (Å²) >= 11 is 0. The molecule has 5 heteroatoms. The minimum absolute atomic E-state index is 0.0555. The SMILES string of the molecule is CC1(C)OC(c2ccn(C3CCCCO3)n2)OC1(C)C. The lowest BCUT2D eigenvalue weighted by Crippen LogP contribution is -2.41. The van der Waals surface area contributed by atoms with Crippen LogP contribution in [0.15, 0.2) is 12.3 Å². The molecule has 1 aromatic rings. The van der Waals surface area contributed by atoms with Crippen LogP contribution < -0.4 is 0 Å². The lowest BCUT2D eigenvalue weighted by molar-refractivity contribution is -0.0940. The average molecular weight is 280 g/mol. The fraction of sp³-hybridized carbons (Fsp3) is 0.800. The summed E-state index contributed by atoms with van der Waals surface area (Å²) in [6.07, 6.45) is 4.96. The predicted molar refractivity (Wildman–Crippen MR) is 74.1 cm³/mol. The van der Waals surface area contributed by atoms with Crippen LogP contribution in [0.3, 0.4) is 0 Å². The molecule has 0 aliphatic carbocycles. The fourth-order valence-corrected chi connectivity index (χ4v) is 2.53. The van der Waals surface area contributed by atoms with Gasteiger partial charge in [-0.05, 0) is 53.0 Å². The Morgan fingerprint density at radius 1 is 1.15 bits per heavy atom. The van der Waals surface area contributed by atoms with Crippen molar-refractivity contribution in [2.45, 2.75) is 70.7 Å². The molecule has 0 N–H and O–H groups in total. The lowest BCUT2D eigenvalue weighted by Gasteiger charge is -2.30. The molecule has 2 fully saturated rings. The third-order valence-corrected chi connectivity index (χ3v) is 4.57. The number of ether oxygens (including phenoxy) is 3. The highest BCUT2D eigenvalue weighted by Gasteiger charge is 2.50. The van der Waals surface area contributed by atoms with Gasteiger partial charge in [0.2, 0.25) is 6.29 Å². The molecule has 0 saturated carbocycles. The highest BCUT2D eigenvalue weighted by molar-refractivity contribution is 5.06. The minimum Gasteiger partial charge on any atom is -0.357 e. The maximum Gasteiger partial charge on any atom is 0.204 e. The Kier molecular flexibility index (Phi) is 3.39. The molecular formula is C15H24N2O3. The molecule has 20 heavy (non-hydrogen) atoms. The predicted octanol–water partition coefficient (Wildman–Crippen LogP) is 3.18. The van der Waals surface area contributed by atoms with Crippen LogP contribution in [0, 0.1) is 0 Å². The molecule has 2 aliphatic heterocycles. The van der Waals surface area contributed by atoms with Gasteiger partial charge in [-0.25, -0.2) is 4.68 Å². The highest BCUT2D eigenvalue weighted by Crippen LogP contribution is 2.44. The minimum atomic E-state index is -0.398. The maximum absolute atomic E-state index is 6.01. The standard InChI is InChI=1S/C15H24N2O3/c1-14(2)15(3,4)20-13(19-14)11-8-9-17(16-11)12-7-5-6-10-18-12/h8-9,12-13H,5-7,10H2,1-4H3. The topological polar surface area (TPSA) is 45.5 Å². The third kappa shape index (κ3) is 2.38. The molecular weight excluding hydrogens is 256 g/mol. The van der Waals surface area contributed by atoms with Crippen LogP contribution in [0.4, 0.5) is 0 Å².